The van der Waals surface area contributed by atoms with Crippen molar-refractivity contribution in [2.24, 2.45) is 0 Å². The van der Waals surface area contributed by atoms with Crippen molar-refractivity contribution in [3.63, 3.8) is 0 Å². The van der Waals surface area contributed by atoms with Crippen LogP contribution in [-0.2, 0) is 11.3 Å². The van der Waals surface area contributed by atoms with E-state index < -0.39 is 0 Å². The second-order valence-corrected chi connectivity index (χ2v) is 5.84. The van der Waals surface area contributed by atoms with Crippen LogP contribution < -0.4 is 15.2 Å². The van der Waals surface area contributed by atoms with E-state index in [4.69, 9.17) is 15.2 Å². The fourth-order valence-corrected chi connectivity index (χ4v) is 2.36. The Labute approximate surface area is 154 Å². The molecule has 0 aliphatic carbocycles. The Morgan fingerprint density at radius 2 is 2.12 bits per heavy atom. The van der Waals surface area contributed by atoms with Gasteiger partial charge in [0.15, 0.2) is 11.5 Å². The van der Waals surface area contributed by atoms with E-state index in [0.29, 0.717) is 30.5 Å². The Morgan fingerprint density at radius 1 is 1.31 bits per heavy atom. The number of rotatable bonds is 8. The first kappa shape index (κ1) is 19.3. The molecule has 0 saturated carbocycles. The van der Waals surface area contributed by atoms with E-state index in [0.717, 1.165) is 17.5 Å². The predicted octanol–water partition coefficient (Wildman–Crippen LogP) is 3.13. The second-order valence-electron chi connectivity index (χ2n) is 5.84. The van der Waals surface area contributed by atoms with Gasteiger partial charge in [-0.3, -0.25) is 4.79 Å². The number of carbonyl (C=O) groups is 1. The summed E-state index contributed by atoms with van der Waals surface area (Å²) in [6.07, 6.45) is 5.74. The van der Waals surface area contributed by atoms with Gasteiger partial charge in [0.05, 0.1) is 13.7 Å². The molecule has 138 valence electrons. The van der Waals surface area contributed by atoms with Crippen molar-refractivity contribution in [2.45, 2.75) is 19.9 Å². The van der Waals surface area contributed by atoms with Crippen LogP contribution in [0.4, 0.5) is 5.82 Å². The summed E-state index contributed by atoms with van der Waals surface area (Å²) in [5.41, 5.74) is 7.27. The Kier molecular flexibility index (Phi) is 7.02. The first-order valence-electron chi connectivity index (χ1n) is 8.48. The number of nitrogens with zero attached hydrogens (tertiary/aromatic N) is 2. The van der Waals surface area contributed by atoms with Crippen molar-refractivity contribution in [2.75, 3.05) is 26.5 Å². The van der Waals surface area contributed by atoms with Crippen LogP contribution in [0.1, 0.15) is 24.5 Å². The molecular formula is C20H25N3O3. The van der Waals surface area contributed by atoms with Crippen LogP contribution >= 0.6 is 0 Å². The third kappa shape index (κ3) is 5.24. The van der Waals surface area contributed by atoms with Crippen molar-refractivity contribution in [3.8, 4) is 11.5 Å². The number of aromatic nitrogens is 1. The van der Waals surface area contributed by atoms with Crippen molar-refractivity contribution in [3.05, 3.63) is 53.7 Å². The molecule has 0 bridgehead atoms. The topological polar surface area (TPSA) is 77.7 Å². The highest BCUT2D eigenvalue weighted by molar-refractivity contribution is 5.91. The van der Waals surface area contributed by atoms with Crippen molar-refractivity contribution >= 4 is 17.8 Å². The summed E-state index contributed by atoms with van der Waals surface area (Å²) in [7, 11) is 3.35. The summed E-state index contributed by atoms with van der Waals surface area (Å²) in [6.45, 7) is 3.05. The van der Waals surface area contributed by atoms with Crippen LogP contribution in [0.15, 0.2) is 42.6 Å². The second kappa shape index (κ2) is 9.46. The Bertz CT molecular complexity index is 757. The van der Waals surface area contributed by atoms with Gasteiger partial charge in [0.2, 0.25) is 5.91 Å². The average Bonchev–Trinajstić information content (AvgIpc) is 2.66. The third-order valence-corrected chi connectivity index (χ3v) is 3.74. The van der Waals surface area contributed by atoms with Crippen LogP contribution in [-0.4, -0.2) is 36.6 Å². The molecule has 2 N–H and O–H groups in total. The van der Waals surface area contributed by atoms with Crippen LogP contribution in [0.3, 0.4) is 0 Å². The van der Waals surface area contributed by atoms with Gasteiger partial charge in [-0.2, -0.15) is 0 Å². The Morgan fingerprint density at radius 3 is 2.77 bits per heavy atom. The number of methoxy groups -OCH3 is 1. The number of pyridine rings is 1. The number of nitrogen functional groups attached to an aromatic ring is 1. The smallest absolute Gasteiger partial charge is 0.246 e. The fraction of sp³-hybridized carbons (Fsp3) is 0.300. The minimum absolute atomic E-state index is 0.119. The Hall–Kier alpha value is -3.02. The summed E-state index contributed by atoms with van der Waals surface area (Å²) in [5.74, 6) is 1.68. The molecule has 2 aromatic rings. The van der Waals surface area contributed by atoms with E-state index in [-0.39, 0.29) is 5.91 Å². The monoisotopic (exact) mass is 355 g/mol. The number of amides is 1. The van der Waals surface area contributed by atoms with Gasteiger partial charge in [-0.25, -0.2) is 4.98 Å². The fourth-order valence-electron chi connectivity index (χ4n) is 2.36. The molecule has 0 aliphatic rings. The molecule has 1 aromatic heterocycles. The lowest BCUT2D eigenvalue weighted by molar-refractivity contribution is -0.125. The maximum atomic E-state index is 12.4. The maximum absolute atomic E-state index is 12.4. The van der Waals surface area contributed by atoms with E-state index in [2.05, 4.69) is 4.98 Å². The van der Waals surface area contributed by atoms with Gasteiger partial charge in [-0.15, -0.1) is 0 Å². The molecular weight excluding hydrogens is 330 g/mol. The summed E-state index contributed by atoms with van der Waals surface area (Å²) >= 11 is 0. The summed E-state index contributed by atoms with van der Waals surface area (Å²) < 4.78 is 11.2. The first-order valence-corrected chi connectivity index (χ1v) is 8.48. The molecule has 0 unspecified atom stereocenters. The van der Waals surface area contributed by atoms with E-state index >= 15 is 0 Å². The molecule has 2 rings (SSSR count). The molecule has 0 saturated heterocycles. The lowest BCUT2D eigenvalue weighted by Gasteiger charge is -2.19. The summed E-state index contributed by atoms with van der Waals surface area (Å²) in [6, 6.07) is 9.18. The zero-order chi connectivity index (χ0) is 18.9. The SMILES string of the molecule is CCCOc1c(CN(C)C(=O)C=Cc2ccc(N)nc2)cccc1OC. The number of para-hydroxylation sites is 1. The highest BCUT2D eigenvalue weighted by Gasteiger charge is 2.14. The zero-order valence-corrected chi connectivity index (χ0v) is 15.4. The van der Waals surface area contributed by atoms with Crippen molar-refractivity contribution in [1.29, 1.82) is 0 Å². The zero-order valence-electron chi connectivity index (χ0n) is 15.4. The van der Waals surface area contributed by atoms with Gasteiger partial charge in [0.1, 0.15) is 5.82 Å². The number of nitrogens with two attached hydrogens (primary N) is 1. The number of benzene rings is 1. The molecule has 0 spiro atoms. The standard InChI is InChI=1S/C20H25N3O3/c1-4-12-26-20-16(6-5-7-17(20)25-3)14-23(2)19(24)11-9-15-8-10-18(21)22-13-15/h5-11,13H,4,12,14H2,1-3H3,(H2,21,22). The number of hydrogen-bond donors (Lipinski definition) is 1. The predicted molar refractivity (Wildman–Crippen MR) is 103 cm³/mol. The minimum Gasteiger partial charge on any atom is -0.493 e. The molecule has 26 heavy (non-hydrogen) atoms. The molecule has 0 radical (unpaired) electrons. The lowest BCUT2D eigenvalue weighted by atomic mass is 10.1. The van der Waals surface area contributed by atoms with Crippen LogP contribution in [0.5, 0.6) is 11.5 Å². The number of likely N-dealkylation sites (N-methyl/N-ethyl adjacent to an activating group) is 1. The number of ether oxygens (including phenoxy) is 2. The van der Waals surface area contributed by atoms with Crippen LogP contribution in [0.2, 0.25) is 0 Å². The van der Waals surface area contributed by atoms with Crippen LogP contribution in [0.25, 0.3) is 6.08 Å². The third-order valence-electron chi connectivity index (χ3n) is 3.74. The average molecular weight is 355 g/mol. The Balaban J connectivity index is 2.09. The molecule has 6 nitrogen and oxygen atoms in total. The van der Waals surface area contributed by atoms with E-state index in [9.17, 15) is 4.79 Å². The summed E-state index contributed by atoms with van der Waals surface area (Å²) in [4.78, 5) is 18.0. The number of anilines is 1. The minimum atomic E-state index is -0.119. The van der Waals surface area contributed by atoms with E-state index in [1.165, 1.54) is 6.08 Å². The highest BCUT2D eigenvalue weighted by Crippen LogP contribution is 2.32. The number of carbonyl (C=O) groups excluding carboxylic acids is 1. The van der Waals surface area contributed by atoms with E-state index in [1.807, 2.05) is 31.2 Å². The quantitative estimate of drug-likeness (QED) is 0.736. The van der Waals surface area contributed by atoms with Gasteiger partial charge in [-0.1, -0.05) is 19.1 Å². The largest absolute Gasteiger partial charge is 0.493 e. The van der Waals surface area contributed by atoms with Gasteiger partial charge < -0.3 is 20.1 Å². The van der Waals surface area contributed by atoms with Gasteiger partial charge in [0, 0.05) is 31.4 Å². The van der Waals surface area contributed by atoms with Crippen molar-refractivity contribution < 1.29 is 14.3 Å². The van der Waals surface area contributed by atoms with Gasteiger partial charge >= 0.3 is 0 Å². The van der Waals surface area contributed by atoms with Crippen LogP contribution in [0, 0.1) is 0 Å². The normalized spacial score (nSPS) is 10.7. The highest BCUT2D eigenvalue weighted by atomic mass is 16.5. The molecule has 1 heterocycles. The molecule has 0 fully saturated rings. The first-order chi connectivity index (χ1) is 12.5. The molecule has 1 amide bonds. The van der Waals surface area contributed by atoms with Crippen molar-refractivity contribution in [1.82, 2.24) is 9.88 Å². The lowest BCUT2D eigenvalue weighted by Crippen LogP contribution is -2.24. The molecule has 0 aliphatic heterocycles. The summed E-state index contributed by atoms with van der Waals surface area (Å²) in [5, 5.41) is 0. The maximum Gasteiger partial charge on any atom is 0.246 e. The van der Waals surface area contributed by atoms with Gasteiger partial charge in [0.25, 0.3) is 0 Å². The number of hydrogen-bond acceptors (Lipinski definition) is 5. The molecule has 0 atom stereocenters. The molecule has 1 aromatic carbocycles. The molecule has 6 heteroatoms. The van der Waals surface area contributed by atoms with Gasteiger partial charge in [-0.05, 0) is 36.3 Å². The van der Waals surface area contributed by atoms with E-state index in [1.54, 1.807) is 37.4 Å².